The highest BCUT2D eigenvalue weighted by Gasteiger charge is 2.75. The Morgan fingerprint density at radius 2 is 1.31 bits per heavy atom. The van der Waals surface area contributed by atoms with Crippen molar-refractivity contribution < 1.29 is 78.9 Å². The second kappa shape index (κ2) is 23.5. The highest BCUT2D eigenvalue weighted by Crippen LogP contribution is 2.68. The monoisotopic (exact) mass is 983 g/mol. The Kier molecular flexibility index (Phi) is 19.2. The third kappa shape index (κ3) is 13.5. The molecule has 0 bridgehead atoms. The number of aliphatic hydroxyl groups is 8. The normalized spacial score (nSPS) is 39.3. The largest absolute Gasteiger partial charge is 0.462 e. The number of esters is 1. The van der Waals surface area contributed by atoms with Gasteiger partial charge >= 0.3 is 5.97 Å². The summed E-state index contributed by atoms with van der Waals surface area (Å²) in [6, 6.07) is 0. The quantitative estimate of drug-likeness (QED) is 0.0237. The number of hydrogen-bond acceptors (Lipinski definition) is 16. The van der Waals surface area contributed by atoms with E-state index in [-0.39, 0.29) is 17.5 Å². The van der Waals surface area contributed by atoms with Gasteiger partial charge in [-0.3, -0.25) is 9.59 Å². The Labute approximate surface area is 412 Å². The third-order valence-electron chi connectivity index (χ3n) is 14.5. The second-order valence-corrected chi connectivity index (χ2v) is 21.4. The lowest BCUT2D eigenvalue weighted by atomic mass is 9.61. The van der Waals surface area contributed by atoms with E-state index in [2.05, 4.69) is 19.6 Å². The molecule has 16 nitrogen and oxygen atoms in total. The van der Waals surface area contributed by atoms with Crippen LogP contribution in [-0.2, 0) is 38.0 Å². The molecule has 70 heavy (non-hydrogen) atoms. The number of allylic oxidation sites excluding steroid dienone is 14. The van der Waals surface area contributed by atoms with Gasteiger partial charge in [0.2, 0.25) is 0 Å². The van der Waals surface area contributed by atoms with E-state index in [0.717, 1.165) is 41.4 Å². The number of carbonyl (C=O) groups is 2. The van der Waals surface area contributed by atoms with Crippen LogP contribution in [0.25, 0.3) is 0 Å². The fraction of sp³-hybridized carbons (Fsp3) is 0.648. The summed E-state index contributed by atoms with van der Waals surface area (Å²) in [5.41, 5.74) is 4.71. The van der Waals surface area contributed by atoms with Crippen LogP contribution in [0.5, 0.6) is 0 Å². The highest BCUT2D eigenvalue weighted by molar-refractivity contribution is 5.78. The van der Waals surface area contributed by atoms with Gasteiger partial charge in [0, 0.05) is 30.9 Å². The first kappa shape index (κ1) is 57.2. The van der Waals surface area contributed by atoms with Crippen LogP contribution in [0.2, 0.25) is 0 Å². The zero-order valence-corrected chi connectivity index (χ0v) is 42.4. The number of rotatable bonds is 18. The van der Waals surface area contributed by atoms with Crippen LogP contribution in [0, 0.1) is 10.8 Å². The summed E-state index contributed by atoms with van der Waals surface area (Å²) in [6.07, 6.45) is 8.73. The molecule has 5 aliphatic rings. The number of carbonyl (C=O) groups excluding carboxylic acids is 2. The van der Waals surface area contributed by atoms with Gasteiger partial charge in [0.15, 0.2) is 12.6 Å². The Balaban J connectivity index is 1.11. The maximum Gasteiger partial charge on any atom is 0.302 e. The van der Waals surface area contributed by atoms with Crippen molar-refractivity contribution in [1.29, 1.82) is 0 Å². The van der Waals surface area contributed by atoms with E-state index >= 15 is 0 Å². The molecule has 2 saturated carbocycles. The highest BCUT2D eigenvalue weighted by atomic mass is 16.7. The lowest BCUT2D eigenvalue weighted by Gasteiger charge is -2.47. The van der Waals surface area contributed by atoms with Crippen LogP contribution in [-0.4, -0.2) is 157 Å². The van der Waals surface area contributed by atoms with Crippen LogP contribution < -0.4 is 0 Å². The Bertz CT molecular complexity index is 2110. The molecular formula is C54H78O16. The smallest absolute Gasteiger partial charge is 0.302 e. The number of hydrogen-bond donors (Lipinski definition) is 8. The minimum absolute atomic E-state index is 0.322. The summed E-state index contributed by atoms with van der Waals surface area (Å²) >= 11 is 0. The van der Waals surface area contributed by atoms with Crippen LogP contribution in [0.15, 0.2) is 100 Å². The molecule has 3 saturated heterocycles. The van der Waals surface area contributed by atoms with E-state index in [4.69, 9.17) is 28.4 Å². The molecule has 5 fully saturated rings. The summed E-state index contributed by atoms with van der Waals surface area (Å²) in [4.78, 5) is 23.4. The first-order valence-corrected chi connectivity index (χ1v) is 24.2. The summed E-state index contributed by atoms with van der Waals surface area (Å²) in [5, 5.41) is 84.0. The number of ether oxygens (including phenoxy) is 6. The molecule has 0 radical (unpaired) electrons. The number of aliphatic hydroxyl groups excluding tert-OH is 7. The van der Waals surface area contributed by atoms with E-state index in [0.29, 0.717) is 31.3 Å². The van der Waals surface area contributed by atoms with Gasteiger partial charge in [-0.25, -0.2) is 0 Å². The maximum atomic E-state index is 11.9. The lowest BCUT2D eigenvalue weighted by Crippen LogP contribution is -2.65. The van der Waals surface area contributed by atoms with Crippen LogP contribution in [0.1, 0.15) is 108 Å². The van der Waals surface area contributed by atoms with Gasteiger partial charge in [-0.2, -0.15) is 0 Å². The van der Waals surface area contributed by atoms with Crippen molar-refractivity contribution in [3.05, 3.63) is 100 Å². The number of aldehydes is 1. The van der Waals surface area contributed by atoms with Gasteiger partial charge in [0.1, 0.15) is 66.8 Å². The molecule has 5 rings (SSSR count). The minimum atomic E-state index is -1.77. The van der Waals surface area contributed by atoms with E-state index in [1.54, 1.807) is 19.1 Å². The summed E-state index contributed by atoms with van der Waals surface area (Å²) in [7, 11) is 0. The Morgan fingerprint density at radius 3 is 1.94 bits per heavy atom. The van der Waals surface area contributed by atoms with Crippen molar-refractivity contribution >= 4 is 12.3 Å². The Hall–Kier alpha value is -3.68. The fourth-order valence-corrected chi connectivity index (χ4v) is 10.9. The SMILES string of the molecule is CC(=O)O[C@H]1CC(C)(C)C(=C=C/C(C)=C/C=C/C(C)=C/C=C/C=C(C=O)\C=C\C=C(/C)CC[C@@]23O[C@]2(C)C[C@@H](OC2OC(CO)C(OC4OC(CO)C(O)C(O)C4O)C(O)C2O)CC3(C)C)[C@](C)(O)C1. The fourth-order valence-electron chi connectivity index (χ4n) is 10.9. The zero-order chi connectivity index (χ0) is 52.0. The Morgan fingerprint density at radius 1 is 0.700 bits per heavy atom. The van der Waals surface area contributed by atoms with Crippen molar-refractivity contribution in [2.75, 3.05) is 13.2 Å². The summed E-state index contributed by atoms with van der Waals surface area (Å²) < 4.78 is 35.3. The van der Waals surface area contributed by atoms with E-state index in [9.17, 15) is 50.4 Å². The van der Waals surface area contributed by atoms with E-state index in [1.807, 2.05) is 96.2 Å². The van der Waals surface area contributed by atoms with Crippen LogP contribution in [0.4, 0.5) is 0 Å². The van der Waals surface area contributed by atoms with E-state index < -0.39 is 103 Å². The van der Waals surface area contributed by atoms with Gasteiger partial charge < -0.3 is 69.3 Å². The molecule has 0 spiro atoms. The van der Waals surface area contributed by atoms with Gasteiger partial charge in [-0.1, -0.05) is 99.6 Å². The zero-order valence-electron chi connectivity index (χ0n) is 42.4. The van der Waals surface area contributed by atoms with Crippen LogP contribution in [0.3, 0.4) is 0 Å². The molecular weight excluding hydrogens is 905 g/mol. The average molecular weight is 983 g/mol. The topological polar surface area (TPSA) is 255 Å². The molecule has 0 aromatic rings. The average Bonchev–Trinajstić information content (AvgIpc) is 3.90. The van der Waals surface area contributed by atoms with Gasteiger partial charge in [0.05, 0.1) is 30.5 Å². The molecule has 390 valence electrons. The third-order valence-corrected chi connectivity index (χ3v) is 14.5. The van der Waals surface area contributed by atoms with Crippen molar-refractivity contribution in [3.63, 3.8) is 0 Å². The molecule has 10 unspecified atom stereocenters. The second-order valence-electron chi connectivity index (χ2n) is 21.4. The van der Waals surface area contributed by atoms with Crippen molar-refractivity contribution in [2.45, 2.75) is 198 Å². The van der Waals surface area contributed by atoms with Gasteiger partial charge in [-0.15, -0.1) is 5.73 Å². The molecule has 2 aliphatic carbocycles. The van der Waals surface area contributed by atoms with Crippen LogP contribution >= 0.6 is 0 Å². The molecule has 8 N–H and O–H groups in total. The first-order chi connectivity index (χ1) is 32.7. The van der Waals surface area contributed by atoms with Crippen molar-refractivity contribution in [2.24, 2.45) is 10.8 Å². The maximum absolute atomic E-state index is 11.9. The standard InChI is InChI=1S/C54H78O16/c1-32(16-13-17-33(2)21-22-41-50(5,6)25-37(65-35(4)58)27-52(41,9)64)15-11-12-19-36(29-55)20-14-18-34(3)23-24-54-51(7,8)26-38(28-53(54,10)70-54)66-48-46(63)44(61)47(40(31-57)68-48)69-49-45(62)43(60)42(59)39(30-56)67-49/h11-21,29,37-40,42-49,56-57,59-64H,23-28,30-31H2,1-10H3/b12-11+,16-13+,20-14+,32-15+,33-17+,34-18+,36-19+/t22?,37-,38-,39?,40?,42?,43?,44?,45?,46?,47?,48?,49?,52+,53+,54-/m0/s1. The molecule has 3 aliphatic heterocycles. The molecule has 16 heteroatoms. The lowest BCUT2D eigenvalue weighted by molar-refractivity contribution is -0.363. The minimum Gasteiger partial charge on any atom is -0.462 e. The van der Waals surface area contributed by atoms with Gasteiger partial charge in [-0.05, 0) is 82.8 Å². The molecule has 3 heterocycles. The predicted octanol–water partition coefficient (Wildman–Crippen LogP) is 4.34. The number of epoxide rings is 1. The molecule has 0 amide bonds. The van der Waals surface area contributed by atoms with E-state index in [1.165, 1.54) is 6.92 Å². The van der Waals surface area contributed by atoms with Crippen molar-refractivity contribution in [3.8, 4) is 0 Å². The predicted molar refractivity (Wildman–Crippen MR) is 259 cm³/mol. The summed E-state index contributed by atoms with van der Waals surface area (Å²) in [6.45, 7) is 18.0. The molecule has 0 aromatic heterocycles. The first-order valence-electron chi connectivity index (χ1n) is 24.2. The molecule has 15 atom stereocenters. The number of fused-ring (bicyclic) bond motifs is 1. The summed E-state index contributed by atoms with van der Waals surface area (Å²) in [5.74, 6) is -0.352. The van der Waals surface area contributed by atoms with Crippen molar-refractivity contribution in [1.82, 2.24) is 0 Å². The molecule has 0 aromatic carbocycles. The van der Waals surface area contributed by atoms with Gasteiger partial charge in [0.25, 0.3) is 0 Å².